The highest BCUT2D eigenvalue weighted by atomic mass is 32.2. The topological polar surface area (TPSA) is 63.2 Å². The lowest BCUT2D eigenvalue weighted by Gasteiger charge is -2.11. The molecule has 0 aliphatic heterocycles. The van der Waals surface area contributed by atoms with Crippen LogP contribution in [0.4, 0.5) is 18.9 Å². The van der Waals surface area contributed by atoms with E-state index < -0.39 is 21.8 Å². The second-order valence-corrected chi connectivity index (χ2v) is 6.79. The lowest BCUT2D eigenvalue weighted by molar-refractivity contribution is -0.137. The molecule has 0 saturated heterocycles. The quantitative estimate of drug-likeness (QED) is 0.620. The number of rotatable bonds is 5. The van der Waals surface area contributed by atoms with Gasteiger partial charge in [-0.05, 0) is 36.4 Å². The number of halogens is 3. The maximum atomic E-state index is 12.5. The Bertz CT molecular complexity index is 847. The highest BCUT2D eigenvalue weighted by Crippen LogP contribution is 2.30. The molecule has 0 unspecified atom stereocenters. The summed E-state index contributed by atoms with van der Waals surface area (Å²) in [6.45, 7) is 0. The maximum absolute atomic E-state index is 12.5. The third-order valence-corrected chi connectivity index (χ3v) is 4.76. The fourth-order valence-corrected chi connectivity index (χ4v) is 3.12. The minimum absolute atomic E-state index is 0.0326. The first kappa shape index (κ1) is 18.3. The normalized spacial score (nSPS) is 12.0. The van der Waals surface area contributed by atoms with Crippen LogP contribution in [0.3, 0.4) is 0 Å². The number of carbonyl (C=O) groups is 1. The molecule has 128 valence electrons. The van der Waals surface area contributed by atoms with Gasteiger partial charge in [-0.2, -0.15) is 25.8 Å². The molecule has 0 saturated carbocycles. The van der Waals surface area contributed by atoms with Crippen LogP contribution in [0.1, 0.15) is 15.9 Å². The van der Waals surface area contributed by atoms with E-state index in [9.17, 15) is 26.4 Å². The van der Waals surface area contributed by atoms with E-state index in [0.29, 0.717) is 12.1 Å². The molecule has 2 aromatic carbocycles. The third kappa shape index (κ3) is 4.30. The van der Waals surface area contributed by atoms with Gasteiger partial charge in [0.05, 0.1) is 16.2 Å². The molecule has 1 N–H and O–H groups in total. The molecule has 0 spiro atoms. The van der Waals surface area contributed by atoms with Gasteiger partial charge in [0, 0.05) is 11.3 Å². The fourth-order valence-electron chi connectivity index (χ4n) is 1.88. The molecular weight excluding hydrogens is 363 g/mol. The molecule has 0 atom stereocenters. The van der Waals surface area contributed by atoms with E-state index >= 15 is 0 Å². The fraction of sp³-hybridized carbons (Fsp3) is 0.133. The molecule has 2 rings (SSSR count). The molecule has 0 aliphatic rings. The second kappa shape index (κ2) is 6.86. The van der Waals surface area contributed by atoms with Gasteiger partial charge in [-0.3, -0.25) is 9.52 Å². The summed E-state index contributed by atoms with van der Waals surface area (Å²) >= 11 is 3.86. The number of alkyl halides is 3. The number of Topliss-reactive ketones (excluding diaryl/α,β-unsaturated/α-hetero) is 1. The van der Waals surface area contributed by atoms with Crippen LogP contribution in [-0.4, -0.2) is 20.0 Å². The minimum atomic E-state index is -4.54. The first-order valence-corrected chi connectivity index (χ1v) is 8.69. The average molecular weight is 375 g/mol. The number of sulfonamides is 1. The molecule has 0 amide bonds. The van der Waals surface area contributed by atoms with Crippen molar-refractivity contribution in [2.75, 3.05) is 10.5 Å². The molecule has 0 heterocycles. The summed E-state index contributed by atoms with van der Waals surface area (Å²) in [7, 11) is -4.07. The highest BCUT2D eigenvalue weighted by Gasteiger charge is 2.30. The van der Waals surface area contributed by atoms with Gasteiger partial charge in [-0.25, -0.2) is 8.42 Å². The number of anilines is 1. The van der Waals surface area contributed by atoms with Crippen LogP contribution in [0, 0.1) is 0 Å². The number of hydrogen-bond acceptors (Lipinski definition) is 4. The third-order valence-electron chi connectivity index (χ3n) is 3.07. The van der Waals surface area contributed by atoms with Crippen molar-refractivity contribution < 1.29 is 26.4 Å². The molecule has 4 nitrogen and oxygen atoms in total. The van der Waals surface area contributed by atoms with Crippen LogP contribution in [0.2, 0.25) is 0 Å². The van der Waals surface area contributed by atoms with Crippen LogP contribution in [0.5, 0.6) is 0 Å². The van der Waals surface area contributed by atoms with Gasteiger partial charge in [-0.15, -0.1) is 0 Å². The molecule has 0 fully saturated rings. The van der Waals surface area contributed by atoms with E-state index in [0.717, 1.165) is 12.1 Å². The number of ketones is 1. The van der Waals surface area contributed by atoms with Gasteiger partial charge in [0.2, 0.25) is 0 Å². The monoisotopic (exact) mass is 375 g/mol. The smallest absolute Gasteiger partial charge is 0.293 e. The molecule has 9 heteroatoms. The van der Waals surface area contributed by atoms with Crippen molar-refractivity contribution in [3.05, 3.63) is 59.7 Å². The number of nitrogens with one attached hydrogen (secondary N) is 1. The van der Waals surface area contributed by atoms with Crippen LogP contribution in [0.25, 0.3) is 0 Å². The molecule has 2 aromatic rings. The molecule has 0 aliphatic carbocycles. The second-order valence-electron chi connectivity index (χ2n) is 4.79. The van der Waals surface area contributed by atoms with Gasteiger partial charge < -0.3 is 0 Å². The Balaban J connectivity index is 2.27. The predicted octanol–water partition coefficient (Wildman–Crippen LogP) is 3.62. The number of benzene rings is 2. The Morgan fingerprint density at radius 3 is 2.25 bits per heavy atom. The van der Waals surface area contributed by atoms with Crippen molar-refractivity contribution in [3.8, 4) is 0 Å². The Morgan fingerprint density at radius 2 is 1.71 bits per heavy atom. The Morgan fingerprint density at radius 1 is 1.08 bits per heavy atom. The Labute approximate surface area is 142 Å². The molecule has 0 bridgehead atoms. The van der Waals surface area contributed by atoms with E-state index in [4.69, 9.17) is 0 Å². The molecule has 0 aromatic heterocycles. The van der Waals surface area contributed by atoms with E-state index in [2.05, 4.69) is 17.4 Å². The van der Waals surface area contributed by atoms with Gasteiger partial charge in [0.25, 0.3) is 10.0 Å². The van der Waals surface area contributed by atoms with Gasteiger partial charge in [-0.1, -0.05) is 12.1 Å². The van der Waals surface area contributed by atoms with Crippen molar-refractivity contribution in [2.24, 2.45) is 0 Å². The number of carbonyl (C=O) groups excluding carboxylic acids is 1. The largest absolute Gasteiger partial charge is 0.416 e. The highest BCUT2D eigenvalue weighted by molar-refractivity contribution is 7.92. The van der Waals surface area contributed by atoms with Crippen molar-refractivity contribution >= 4 is 34.1 Å². The van der Waals surface area contributed by atoms with E-state index in [1.165, 1.54) is 24.3 Å². The lowest BCUT2D eigenvalue weighted by atomic mass is 10.1. The number of hydrogen-bond donors (Lipinski definition) is 2. The summed E-state index contributed by atoms with van der Waals surface area (Å²) < 4.78 is 64.2. The van der Waals surface area contributed by atoms with Crippen LogP contribution in [-0.2, 0) is 16.2 Å². The molecule has 24 heavy (non-hydrogen) atoms. The van der Waals surface area contributed by atoms with E-state index in [1.54, 1.807) is 0 Å². The standard InChI is InChI=1S/C15H12F3NO3S2/c16-15(17,18)11-4-6-13(7-5-11)24(21,22)19-12-3-1-2-10(8-12)14(20)9-23/h1-8,19,23H,9H2. The zero-order valence-corrected chi connectivity index (χ0v) is 13.8. The SMILES string of the molecule is O=C(CS)c1cccc(NS(=O)(=O)c2ccc(C(F)(F)F)cc2)c1. The van der Waals surface area contributed by atoms with Crippen molar-refractivity contribution in [2.45, 2.75) is 11.1 Å². The van der Waals surface area contributed by atoms with Crippen molar-refractivity contribution in [1.82, 2.24) is 0 Å². The lowest BCUT2D eigenvalue weighted by Crippen LogP contribution is -2.14. The molecule has 0 radical (unpaired) electrons. The predicted molar refractivity (Wildman–Crippen MR) is 86.9 cm³/mol. The summed E-state index contributed by atoms with van der Waals surface area (Å²) in [6.07, 6.45) is -4.54. The zero-order valence-electron chi connectivity index (χ0n) is 12.0. The van der Waals surface area contributed by atoms with Crippen LogP contribution in [0.15, 0.2) is 53.4 Å². The summed E-state index contributed by atoms with van der Waals surface area (Å²) in [4.78, 5) is 11.3. The van der Waals surface area contributed by atoms with Crippen LogP contribution >= 0.6 is 12.6 Å². The maximum Gasteiger partial charge on any atom is 0.416 e. The van der Waals surface area contributed by atoms with E-state index in [-0.39, 0.29) is 27.7 Å². The van der Waals surface area contributed by atoms with Crippen LogP contribution < -0.4 is 4.72 Å². The van der Waals surface area contributed by atoms with Gasteiger partial charge in [0.1, 0.15) is 0 Å². The molecular formula is C15H12F3NO3S2. The summed E-state index contributed by atoms with van der Waals surface area (Å²) in [5, 5.41) is 0. The summed E-state index contributed by atoms with van der Waals surface area (Å²) in [5.41, 5.74) is -0.539. The summed E-state index contributed by atoms with van der Waals surface area (Å²) in [6, 6.07) is 8.87. The Hall–Kier alpha value is -2.00. The Kier molecular flexibility index (Phi) is 5.24. The van der Waals surface area contributed by atoms with Crippen molar-refractivity contribution in [1.29, 1.82) is 0 Å². The number of thiol groups is 1. The van der Waals surface area contributed by atoms with Gasteiger partial charge in [0.15, 0.2) is 5.78 Å². The zero-order chi connectivity index (χ0) is 18.0. The first-order chi connectivity index (χ1) is 11.1. The minimum Gasteiger partial charge on any atom is -0.293 e. The van der Waals surface area contributed by atoms with Crippen molar-refractivity contribution in [3.63, 3.8) is 0 Å². The first-order valence-electron chi connectivity index (χ1n) is 6.58. The summed E-state index contributed by atoms with van der Waals surface area (Å²) in [5.74, 6) is -0.316. The van der Waals surface area contributed by atoms with E-state index in [1.807, 2.05) is 0 Å². The van der Waals surface area contributed by atoms with Gasteiger partial charge >= 0.3 is 6.18 Å². The average Bonchev–Trinajstić information content (AvgIpc) is 2.53.